The van der Waals surface area contributed by atoms with Gasteiger partial charge in [-0.3, -0.25) is 9.20 Å². The molecule has 0 aromatic carbocycles. The van der Waals surface area contributed by atoms with Crippen LogP contribution in [-0.2, 0) is 11.3 Å². The molecule has 0 aliphatic heterocycles. The zero-order valence-electron chi connectivity index (χ0n) is 15.5. The molecule has 0 fully saturated rings. The zero-order chi connectivity index (χ0) is 18.5. The van der Waals surface area contributed by atoms with Gasteiger partial charge in [0.25, 0.3) is 0 Å². The molecule has 7 heteroatoms. The average molecular weight is 372 g/mol. The summed E-state index contributed by atoms with van der Waals surface area (Å²) in [6, 6.07) is 9.82. The minimum absolute atomic E-state index is 0.0382. The molecule has 1 amide bonds. The quantitative estimate of drug-likeness (QED) is 0.661. The van der Waals surface area contributed by atoms with Crippen molar-refractivity contribution in [1.29, 1.82) is 0 Å². The maximum absolute atomic E-state index is 12.6. The predicted octanol–water partition coefficient (Wildman–Crippen LogP) is 3.15. The highest BCUT2D eigenvalue weighted by Gasteiger charge is 2.20. The van der Waals surface area contributed by atoms with E-state index in [1.807, 2.05) is 28.8 Å². The topological polar surface area (TPSA) is 64.2 Å². The summed E-state index contributed by atoms with van der Waals surface area (Å²) in [5, 5.41) is 11.7. The number of amides is 1. The van der Waals surface area contributed by atoms with Crippen molar-refractivity contribution in [2.45, 2.75) is 39.3 Å². The number of nitrogens with one attached hydrogen (secondary N) is 1. The van der Waals surface area contributed by atoms with E-state index in [9.17, 15) is 4.79 Å². The third-order valence-electron chi connectivity index (χ3n) is 4.58. The van der Waals surface area contributed by atoms with E-state index < -0.39 is 0 Å². The van der Waals surface area contributed by atoms with Gasteiger partial charge >= 0.3 is 0 Å². The molecule has 0 aliphatic carbocycles. The number of pyridine rings is 1. The highest BCUT2D eigenvalue weighted by molar-refractivity contribution is 7.98. The van der Waals surface area contributed by atoms with Gasteiger partial charge in [-0.2, -0.15) is 11.8 Å². The summed E-state index contributed by atoms with van der Waals surface area (Å²) in [5.74, 6) is 1.77. The molecule has 3 heterocycles. The standard InChI is InChI=1S/C19H25N5OS/c1-14-7-8-15(2)23(14)12-9-18(25)20-16(10-13-26-3)19-22-21-17-6-4-5-11-24(17)19/h4-8,11,16H,9-10,12-13H2,1-3H3,(H,20,25). The number of aromatic nitrogens is 4. The molecule has 3 rings (SSSR count). The Balaban J connectivity index is 1.71. The largest absolute Gasteiger partial charge is 0.349 e. The summed E-state index contributed by atoms with van der Waals surface area (Å²) < 4.78 is 4.12. The molecule has 0 aliphatic rings. The van der Waals surface area contributed by atoms with Crippen LogP contribution in [0.4, 0.5) is 0 Å². The number of fused-ring (bicyclic) bond motifs is 1. The molecular weight excluding hydrogens is 346 g/mol. The Labute approximate surface area is 158 Å². The van der Waals surface area contributed by atoms with Gasteiger partial charge in [0, 0.05) is 30.6 Å². The maximum Gasteiger partial charge on any atom is 0.222 e. The second-order valence-electron chi connectivity index (χ2n) is 6.41. The van der Waals surface area contributed by atoms with Crippen molar-refractivity contribution in [3.8, 4) is 0 Å². The van der Waals surface area contributed by atoms with Gasteiger partial charge in [0.15, 0.2) is 11.5 Å². The number of carbonyl (C=O) groups excluding carboxylic acids is 1. The van der Waals surface area contributed by atoms with Crippen LogP contribution in [-0.4, -0.2) is 37.1 Å². The van der Waals surface area contributed by atoms with Crippen LogP contribution in [0.15, 0.2) is 36.5 Å². The fraction of sp³-hybridized carbons (Fsp3) is 0.421. The summed E-state index contributed by atoms with van der Waals surface area (Å²) >= 11 is 1.76. The summed E-state index contributed by atoms with van der Waals surface area (Å²) in [5.41, 5.74) is 3.15. The van der Waals surface area contributed by atoms with Gasteiger partial charge in [0.05, 0.1) is 6.04 Å². The Bertz CT molecular complexity index is 866. The Kier molecular flexibility index (Phi) is 5.98. The van der Waals surface area contributed by atoms with E-state index >= 15 is 0 Å². The average Bonchev–Trinajstić information content (AvgIpc) is 3.20. The number of nitrogens with zero attached hydrogens (tertiary/aromatic N) is 4. The van der Waals surface area contributed by atoms with Crippen molar-refractivity contribution >= 4 is 23.3 Å². The molecule has 0 saturated heterocycles. The molecule has 138 valence electrons. The van der Waals surface area contributed by atoms with Crippen LogP contribution in [0, 0.1) is 13.8 Å². The Morgan fingerprint density at radius 1 is 1.19 bits per heavy atom. The summed E-state index contributed by atoms with van der Waals surface area (Å²) in [6.07, 6.45) is 5.28. The van der Waals surface area contributed by atoms with Crippen molar-refractivity contribution in [2.24, 2.45) is 0 Å². The third kappa shape index (κ3) is 4.09. The molecule has 0 bridgehead atoms. The van der Waals surface area contributed by atoms with E-state index in [1.165, 1.54) is 11.4 Å². The van der Waals surface area contributed by atoms with Crippen LogP contribution in [0.1, 0.15) is 36.1 Å². The molecule has 3 aromatic rings. The molecule has 0 saturated carbocycles. The molecule has 0 radical (unpaired) electrons. The zero-order valence-corrected chi connectivity index (χ0v) is 16.3. The number of hydrogen-bond donors (Lipinski definition) is 1. The summed E-state index contributed by atoms with van der Waals surface area (Å²) in [4.78, 5) is 12.6. The Morgan fingerprint density at radius 2 is 1.96 bits per heavy atom. The van der Waals surface area contributed by atoms with Crippen molar-refractivity contribution in [2.75, 3.05) is 12.0 Å². The molecule has 1 atom stereocenters. The van der Waals surface area contributed by atoms with Crippen LogP contribution in [0.5, 0.6) is 0 Å². The molecule has 6 nitrogen and oxygen atoms in total. The lowest BCUT2D eigenvalue weighted by molar-refractivity contribution is -0.122. The van der Waals surface area contributed by atoms with E-state index in [0.717, 1.165) is 23.6 Å². The lowest BCUT2D eigenvalue weighted by atomic mass is 10.2. The molecule has 0 spiro atoms. The van der Waals surface area contributed by atoms with Gasteiger partial charge in [-0.15, -0.1) is 10.2 Å². The van der Waals surface area contributed by atoms with Crippen LogP contribution in [0.25, 0.3) is 5.65 Å². The number of carbonyl (C=O) groups is 1. The first kappa shape index (κ1) is 18.5. The normalized spacial score (nSPS) is 12.4. The van der Waals surface area contributed by atoms with Gasteiger partial charge < -0.3 is 9.88 Å². The number of hydrogen-bond acceptors (Lipinski definition) is 4. The van der Waals surface area contributed by atoms with Crippen LogP contribution in [0.3, 0.4) is 0 Å². The first-order chi connectivity index (χ1) is 12.6. The summed E-state index contributed by atoms with van der Waals surface area (Å²) in [7, 11) is 0. The maximum atomic E-state index is 12.6. The van der Waals surface area contributed by atoms with Gasteiger partial charge in [-0.25, -0.2) is 0 Å². The van der Waals surface area contributed by atoms with E-state index in [0.29, 0.717) is 13.0 Å². The van der Waals surface area contributed by atoms with Crippen LogP contribution >= 0.6 is 11.8 Å². The van der Waals surface area contributed by atoms with E-state index in [1.54, 1.807) is 11.8 Å². The minimum atomic E-state index is -0.140. The smallest absolute Gasteiger partial charge is 0.222 e. The van der Waals surface area contributed by atoms with Gasteiger partial charge in [0.1, 0.15) is 0 Å². The van der Waals surface area contributed by atoms with E-state index in [2.05, 4.69) is 52.3 Å². The molecular formula is C19H25N5OS. The van der Waals surface area contributed by atoms with E-state index in [-0.39, 0.29) is 11.9 Å². The first-order valence-corrected chi connectivity index (χ1v) is 10.2. The number of rotatable bonds is 8. The van der Waals surface area contributed by atoms with Gasteiger partial charge in [-0.1, -0.05) is 6.07 Å². The highest BCUT2D eigenvalue weighted by Crippen LogP contribution is 2.18. The number of thioether (sulfide) groups is 1. The van der Waals surface area contributed by atoms with Crippen molar-refractivity contribution in [3.63, 3.8) is 0 Å². The van der Waals surface area contributed by atoms with Crippen molar-refractivity contribution in [3.05, 3.63) is 53.7 Å². The van der Waals surface area contributed by atoms with Gasteiger partial charge in [-0.05, 0) is 56.5 Å². The minimum Gasteiger partial charge on any atom is -0.349 e. The Morgan fingerprint density at radius 3 is 2.69 bits per heavy atom. The lowest BCUT2D eigenvalue weighted by Gasteiger charge is -2.17. The van der Waals surface area contributed by atoms with Crippen LogP contribution < -0.4 is 5.32 Å². The second kappa shape index (κ2) is 8.40. The van der Waals surface area contributed by atoms with Crippen molar-refractivity contribution in [1.82, 2.24) is 24.5 Å². The molecule has 1 N–H and O–H groups in total. The third-order valence-corrected chi connectivity index (χ3v) is 5.22. The fourth-order valence-corrected chi connectivity index (χ4v) is 3.60. The molecule has 26 heavy (non-hydrogen) atoms. The highest BCUT2D eigenvalue weighted by atomic mass is 32.2. The van der Waals surface area contributed by atoms with Crippen molar-refractivity contribution < 1.29 is 4.79 Å². The van der Waals surface area contributed by atoms with E-state index in [4.69, 9.17) is 0 Å². The lowest BCUT2D eigenvalue weighted by Crippen LogP contribution is -2.31. The Hall–Kier alpha value is -2.28. The predicted molar refractivity (Wildman–Crippen MR) is 105 cm³/mol. The molecule has 3 aromatic heterocycles. The first-order valence-electron chi connectivity index (χ1n) is 8.81. The summed E-state index contributed by atoms with van der Waals surface area (Å²) in [6.45, 7) is 4.81. The van der Waals surface area contributed by atoms with Crippen LogP contribution in [0.2, 0.25) is 0 Å². The monoisotopic (exact) mass is 371 g/mol. The SMILES string of the molecule is CSCCC(NC(=O)CCn1c(C)ccc1C)c1nnc2ccccn12. The fourth-order valence-electron chi connectivity index (χ4n) is 3.13. The molecule has 1 unspecified atom stereocenters. The number of aryl methyl sites for hydroxylation is 2. The second-order valence-corrected chi connectivity index (χ2v) is 7.39. The van der Waals surface area contributed by atoms with Gasteiger partial charge in [0.2, 0.25) is 5.91 Å².